The molecule has 9 heteroatoms. The van der Waals surface area contributed by atoms with Gasteiger partial charge >= 0.3 is 5.97 Å². The van der Waals surface area contributed by atoms with Gasteiger partial charge in [-0.3, -0.25) is 0 Å². The largest absolute Gasteiger partial charge is 0.490 e. The summed E-state index contributed by atoms with van der Waals surface area (Å²) in [6.07, 6.45) is 0. The van der Waals surface area contributed by atoms with Gasteiger partial charge in [-0.25, -0.2) is 22.3 Å². The van der Waals surface area contributed by atoms with Gasteiger partial charge in [0.15, 0.2) is 11.5 Å². The van der Waals surface area contributed by atoms with Gasteiger partial charge in [0.2, 0.25) is 10.0 Å². The maximum Gasteiger partial charge on any atom is 0.335 e. The zero-order valence-corrected chi connectivity index (χ0v) is 14.8. The van der Waals surface area contributed by atoms with E-state index in [9.17, 15) is 17.6 Å². The number of hydrogen-bond donors (Lipinski definition) is 2. The van der Waals surface area contributed by atoms with E-state index in [2.05, 4.69) is 4.72 Å². The molecule has 26 heavy (non-hydrogen) atoms. The molecular formula is C17H18FNO6S. The molecule has 2 aromatic rings. The molecule has 2 rings (SSSR count). The van der Waals surface area contributed by atoms with Gasteiger partial charge < -0.3 is 14.6 Å². The molecule has 0 bridgehead atoms. The van der Waals surface area contributed by atoms with Gasteiger partial charge in [-0.1, -0.05) is 12.1 Å². The number of sulfonamides is 1. The average molecular weight is 383 g/mol. The Morgan fingerprint density at radius 3 is 2.42 bits per heavy atom. The number of benzene rings is 2. The molecule has 0 aliphatic rings. The maximum atomic E-state index is 13.8. The van der Waals surface area contributed by atoms with Crippen LogP contribution in [0.25, 0.3) is 0 Å². The Morgan fingerprint density at radius 1 is 1.15 bits per heavy atom. The number of carboxylic acids is 1. The van der Waals surface area contributed by atoms with Crippen LogP contribution in [0, 0.1) is 5.82 Å². The van der Waals surface area contributed by atoms with Crippen molar-refractivity contribution in [3.8, 4) is 11.5 Å². The highest BCUT2D eigenvalue weighted by molar-refractivity contribution is 7.89. The van der Waals surface area contributed by atoms with E-state index in [0.717, 1.165) is 18.2 Å². The van der Waals surface area contributed by atoms with Gasteiger partial charge in [0.25, 0.3) is 0 Å². The van der Waals surface area contributed by atoms with Crippen LogP contribution in [0.5, 0.6) is 11.5 Å². The molecule has 2 N–H and O–H groups in total. The molecule has 0 saturated carbocycles. The minimum Gasteiger partial charge on any atom is -0.490 e. The summed E-state index contributed by atoms with van der Waals surface area (Å²) in [5, 5.41) is 8.91. The summed E-state index contributed by atoms with van der Waals surface area (Å²) in [6, 6.07) is 9.47. The highest BCUT2D eigenvalue weighted by atomic mass is 32.2. The molecule has 0 fully saturated rings. The van der Waals surface area contributed by atoms with Crippen molar-refractivity contribution in [1.29, 1.82) is 0 Å². The van der Waals surface area contributed by atoms with Crippen LogP contribution in [-0.4, -0.2) is 39.3 Å². The number of hydrogen-bond acceptors (Lipinski definition) is 5. The van der Waals surface area contributed by atoms with E-state index >= 15 is 0 Å². The number of para-hydroxylation sites is 2. The fourth-order valence-corrected chi connectivity index (χ4v) is 3.22. The van der Waals surface area contributed by atoms with Gasteiger partial charge in [-0.05, 0) is 37.3 Å². The van der Waals surface area contributed by atoms with E-state index in [4.69, 9.17) is 14.6 Å². The monoisotopic (exact) mass is 383 g/mol. The molecule has 140 valence electrons. The second-order valence-electron chi connectivity index (χ2n) is 5.08. The molecule has 2 aromatic carbocycles. The second-order valence-corrected chi connectivity index (χ2v) is 6.81. The first kappa shape index (κ1) is 19.7. The molecule has 0 aliphatic carbocycles. The van der Waals surface area contributed by atoms with Crippen molar-refractivity contribution in [2.45, 2.75) is 11.8 Å². The Balaban J connectivity index is 2.01. The van der Waals surface area contributed by atoms with E-state index in [1.807, 2.05) is 6.92 Å². The molecule has 0 amide bonds. The SMILES string of the molecule is CCOc1ccccc1OCCNS(=O)(=O)c1cc(C(=O)O)ccc1F. The molecule has 0 heterocycles. The van der Waals surface area contributed by atoms with E-state index in [0.29, 0.717) is 18.1 Å². The first-order valence-corrected chi connectivity index (χ1v) is 9.20. The minimum atomic E-state index is -4.22. The van der Waals surface area contributed by atoms with Crippen molar-refractivity contribution in [3.63, 3.8) is 0 Å². The first-order valence-electron chi connectivity index (χ1n) is 7.72. The van der Waals surface area contributed by atoms with Crippen molar-refractivity contribution in [2.75, 3.05) is 19.8 Å². The predicted octanol–water partition coefficient (Wildman–Crippen LogP) is 2.28. The quantitative estimate of drug-likeness (QED) is 0.644. The molecule has 0 aliphatic heterocycles. The van der Waals surface area contributed by atoms with Crippen LogP contribution in [0.15, 0.2) is 47.4 Å². The van der Waals surface area contributed by atoms with Crippen LogP contribution < -0.4 is 14.2 Å². The lowest BCUT2D eigenvalue weighted by atomic mass is 10.2. The first-order chi connectivity index (χ1) is 12.3. The zero-order valence-electron chi connectivity index (χ0n) is 13.9. The smallest absolute Gasteiger partial charge is 0.335 e. The normalized spacial score (nSPS) is 11.2. The third-order valence-corrected chi connectivity index (χ3v) is 4.74. The Bertz CT molecular complexity index is 885. The standard InChI is InChI=1S/C17H18FNO6S/c1-2-24-14-5-3-4-6-15(14)25-10-9-19-26(22,23)16-11-12(17(20)21)7-8-13(16)18/h3-8,11,19H,2,9-10H2,1H3,(H,20,21). The molecule has 0 spiro atoms. The Labute approximate surface area is 150 Å². The van der Waals surface area contributed by atoms with Crippen molar-refractivity contribution in [2.24, 2.45) is 0 Å². The summed E-state index contributed by atoms with van der Waals surface area (Å²) in [5.74, 6) is -1.41. The number of nitrogens with one attached hydrogen (secondary N) is 1. The predicted molar refractivity (Wildman–Crippen MR) is 91.7 cm³/mol. The highest BCUT2D eigenvalue weighted by Crippen LogP contribution is 2.26. The summed E-state index contributed by atoms with van der Waals surface area (Å²) >= 11 is 0. The second kappa shape index (κ2) is 8.63. The van der Waals surface area contributed by atoms with Crippen LogP contribution in [0.3, 0.4) is 0 Å². The number of ether oxygens (including phenoxy) is 2. The van der Waals surface area contributed by atoms with E-state index in [1.165, 1.54) is 0 Å². The molecule has 0 radical (unpaired) electrons. The van der Waals surface area contributed by atoms with Crippen LogP contribution in [0.4, 0.5) is 4.39 Å². The van der Waals surface area contributed by atoms with E-state index in [1.54, 1.807) is 24.3 Å². The van der Waals surface area contributed by atoms with Crippen molar-refractivity contribution < 1.29 is 32.2 Å². The van der Waals surface area contributed by atoms with E-state index < -0.39 is 26.7 Å². The van der Waals surface area contributed by atoms with Crippen LogP contribution >= 0.6 is 0 Å². The molecule has 0 unspecified atom stereocenters. The Morgan fingerprint density at radius 2 is 1.81 bits per heavy atom. The van der Waals surface area contributed by atoms with Gasteiger partial charge in [0, 0.05) is 6.54 Å². The summed E-state index contributed by atoms with van der Waals surface area (Å²) < 4.78 is 51.2. The van der Waals surface area contributed by atoms with Gasteiger partial charge in [0.1, 0.15) is 17.3 Å². The lowest BCUT2D eigenvalue weighted by Crippen LogP contribution is -2.29. The topological polar surface area (TPSA) is 102 Å². The highest BCUT2D eigenvalue weighted by Gasteiger charge is 2.20. The van der Waals surface area contributed by atoms with Crippen LogP contribution in [0.1, 0.15) is 17.3 Å². The Kier molecular flexibility index (Phi) is 6.53. The zero-order chi connectivity index (χ0) is 19.2. The van der Waals surface area contributed by atoms with Gasteiger partial charge in [-0.2, -0.15) is 0 Å². The van der Waals surface area contributed by atoms with Crippen molar-refractivity contribution >= 4 is 16.0 Å². The molecule has 7 nitrogen and oxygen atoms in total. The Hall–Kier alpha value is -2.65. The van der Waals surface area contributed by atoms with E-state index in [-0.39, 0.29) is 18.7 Å². The lowest BCUT2D eigenvalue weighted by molar-refractivity contribution is 0.0696. The van der Waals surface area contributed by atoms with Gasteiger partial charge in [0.05, 0.1) is 12.2 Å². The number of rotatable bonds is 9. The minimum absolute atomic E-state index is 0.0242. The molecular weight excluding hydrogens is 365 g/mol. The number of carboxylic acid groups (broad SMARTS) is 1. The molecule has 0 aromatic heterocycles. The van der Waals surface area contributed by atoms with Gasteiger partial charge in [-0.15, -0.1) is 0 Å². The fraction of sp³-hybridized carbons (Fsp3) is 0.235. The summed E-state index contributed by atoms with van der Waals surface area (Å²) in [5.41, 5.74) is -0.325. The molecule has 0 atom stereocenters. The third-order valence-electron chi connectivity index (χ3n) is 3.27. The lowest BCUT2D eigenvalue weighted by Gasteiger charge is -2.12. The van der Waals surface area contributed by atoms with Crippen LogP contribution in [-0.2, 0) is 10.0 Å². The maximum absolute atomic E-state index is 13.8. The average Bonchev–Trinajstić information content (AvgIpc) is 2.60. The van der Waals surface area contributed by atoms with Crippen molar-refractivity contribution in [3.05, 3.63) is 53.8 Å². The van der Waals surface area contributed by atoms with Crippen molar-refractivity contribution in [1.82, 2.24) is 4.72 Å². The number of halogens is 1. The molecule has 0 saturated heterocycles. The third kappa shape index (κ3) is 4.93. The summed E-state index contributed by atoms with van der Waals surface area (Å²) in [4.78, 5) is 10.2. The fourth-order valence-electron chi connectivity index (χ4n) is 2.10. The summed E-state index contributed by atoms with van der Waals surface area (Å²) in [6.45, 7) is 2.11. The number of carbonyl (C=O) groups is 1. The summed E-state index contributed by atoms with van der Waals surface area (Å²) in [7, 11) is -4.22. The van der Waals surface area contributed by atoms with Crippen LogP contribution in [0.2, 0.25) is 0 Å². The number of aromatic carboxylic acids is 1.